The second-order valence-electron chi connectivity index (χ2n) is 8.82. The first-order valence-electron chi connectivity index (χ1n) is 11.6. The maximum Gasteiger partial charge on any atom is 0.407 e. The summed E-state index contributed by atoms with van der Waals surface area (Å²) in [7, 11) is 1.71. The van der Waals surface area contributed by atoms with E-state index in [0.29, 0.717) is 38.1 Å². The molecule has 33 heavy (non-hydrogen) atoms. The third kappa shape index (κ3) is 3.38. The van der Waals surface area contributed by atoms with Gasteiger partial charge in [0, 0.05) is 33.2 Å². The van der Waals surface area contributed by atoms with Gasteiger partial charge in [-0.25, -0.2) is 9.36 Å². The molecule has 2 fully saturated rings. The topological polar surface area (TPSA) is 74.3 Å². The Bertz CT molecular complexity index is 1150. The minimum Gasteiger partial charge on any atom is -0.379 e. The molecule has 4 heterocycles. The van der Waals surface area contributed by atoms with Crippen molar-refractivity contribution in [2.75, 3.05) is 46.4 Å². The number of aryl methyl sites for hydroxylation is 1. The molecule has 0 saturated carbocycles. The number of rotatable bonds is 5. The second kappa shape index (κ2) is 8.39. The molecule has 0 aliphatic carbocycles. The number of imide groups is 1. The lowest BCUT2D eigenvalue weighted by Gasteiger charge is -2.35. The molecule has 1 atom stereocenters. The number of hydrogen-bond acceptors (Lipinski definition) is 5. The van der Waals surface area contributed by atoms with Gasteiger partial charge in [0.15, 0.2) is 0 Å². The molecule has 0 N–H and O–H groups in total. The zero-order valence-electron chi connectivity index (χ0n) is 19.7. The molecule has 1 aromatic heterocycles. The molecule has 0 radical (unpaired) electrons. The van der Waals surface area contributed by atoms with Gasteiger partial charge >= 0.3 is 12.0 Å². The van der Waals surface area contributed by atoms with Crippen LogP contribution in [0.15, 0.2) is 29.3 Å². The first kappa shape index (κ1) is 21.8. The number of amides is 3. The molecule has 0 bridgehead atoms. The number of carbonyl (C=O) groups excluding carboxylic acids is 2. The highest BCUT2D eigenvalue weighted by Crippen LogP contribution is 2.33. The van der Waals surface area contributed by atoms with Gasteiger partial charge in [0.25, 0.3) is 5.91 Å². The highest BCUT2D eigenvalue weighted by atomic mass is 16.5. The Balaban J connectivity index is 1.52. The fourth-order valence-electron chi connectivity index (χ4n) is 5.02. The van der Waals surface area contributed by atoms with Crippen LogP contribution in [-0.2, 0) is 16.0 Å². The molecule has 3 aliphatic heterocycles. The summed E-state index contributed by atoms with van der Waals surface area (Å²) in [5.41, 5.74) is 4.28. The van der Waals surface area contributed by atoms with Crippen molar-refractivity contribution in [1.82, 2.24) is 19.3 Å². The molecule has 2 aromatic rings. The normalized spacial score (nSPS) is 20.8. The Morgan fingerprint density at radius 1 is 1.12 bits per heavy atom. The number of hydrogen-bond donors (Lipinski definition) is 0. The van der Waals surface area contributed by atoms with Gasteiger partial charge in [-0.15, -0.1) is 0 Å². The second-order valence-corrected chi connectivity index (χ2v) is 8.82. The fourth-order valence-corrected chi connectivity index (χ4v) is 5.02. The zero-order valence-corrected chi connectivity index (χ0v) is 19.7. The van der Waals surface area contributed by atoms with E-state index in [1.807, 2.05) is 23.6 Å². The Morgan fingerprint density at radius 3 is 2.58 bits per heavy atom. The van der Waals surface area contributed by atoms with Crippen molar-refractivity contribution >= 4 is 23.7 Å². The van der Waals surface area contributed by atoms with Crippen molar-refractivity contribution in [3.05, 3.63) is 41.2 Å². The molecule has 1 aromatic carbocycles. The summed E-state index contributed by atoms with van der Waals surface area (Å²) < 4.78 is 9.51. The van der Waals surface area contributed by atoms with E-state index in [0.717, 1.165) is 36.6 Å². The van der Waals surface area contributed by atoms with Crippen LogP contribution in [0.2, 0.25) is 0 Å². The Morgan fingerprint density at radius 2 is 1.85 bits per heavy atom. The van der Waals surface area contributed by atoms with Gasteiger partial charge in [-0.2, -0.15) is 4.57 Å². The molecular formula is C24H31N6O3+. The highest BCUT2D eigenvalue weighted by molar-refractivity contribution is 6.19. The summed E-state index contributed by atoms with van der Waals surface area (Å²) >= 11 is 0. The average molecular weight is 452 g/mol. The maximum atomic E-state index is 13.7. The number of fused-ring (bicyclic) bond motifs is 3. The van der Waals surface area contributed by atoms with Gasteiger partial charge in [0.2, 0.25) is 11.9 Å². The largest absolute Gasteiger partial charge is 0.407 e. The lowest BCUT2D eigenvalue weighted by Crippen LogP contribution is -2.64. The summed E-state index contributed by atoms with van der Waals surface area (Å²) in [6.45, 7) is 10.2. The van der Waals surface area contributed by atoms with E-state index in [4.69, 9.17) is 9.73 Å². The minimum atomic E-state index is -0.624. The number of aliphatic imine (C=N–C) groups is 1. The first-order chi connectivity index (χ1) is 15.9. The molecule has 1 unspecified atom stereocenters. The van der Waals surface area contributed by atoms with Crippen LogP contribution in [-0.4, -0.2) is 83.5 Å². The number of carbonyl (C=O) groups is 2. The van der Waals surface area contributed by atoms with Crippen LogP contribution in [0, 0.1) is 13.8 Å². The third-order valence-electron chi connectivity index (χ3n) is 7.07. The number of likely N-dealkylation sites (N-methyl/N-ethyl adjacent to an activating group) is 1. The molecule has 9 nitrogen and oxygen atoms in total. The molecule has 5 rings (SSSR count). The van der Waals surface area contributed by atoms with Crippen LogP contribution in [0.5, 0.6) is 0 Å². The number of para-hydroxylation sites is 1. The van der Waals surface area contributed by atoms with Crippen LogP contribution >= 0.6 is 0 Å². The van der Waals surface area contributed by atoms with E-state index in [2.05, 4.69) is 35.4 Å². The quantitative estimate of drug-likeness (QED) is 0.650. The summed E-state index contributed by atoms with van der Waals surface area (Å²) in [4.78, 5) is 36.8. The van der Waals surface area contributed by atoms with Crippen LogP contribution in [0.4, 0.5) is 10.7 Å². The summed E-state index contributed by atoms with van der Waals surface area (Å²) in [6.07, 6.45) is 0.888. The first-order valence-corrected chi connectivity index (χ1v) is 11.6. The number of amidine groups is 1. The number of morpholine rings is 1. The number of aromatic nitrogens is 2. The minimum absolute atomic E-state index is 0.210. The van der Waals surface area contributed by atoms with Crippen LogP contribution in [0.3, 0.4) is 0 Å². The van der Waals surface area contributed by atoms with Gasteiger partial charge < -0.3 is 4.74 Å². The van der Waals surface area contributed by atoms with Gasteiger partial charge in [0.05, 0.1) is 13.2 Å². The van der Waals surface area contributed by atoms with Crippen molar-refractivity contribution in [3.8, 4) is 5.69 Å². The Labute approximate surface area is 193 Å². The van der Waals surface area contributed by atoms with Crippen LogP contribution in [0.25, 0.3) is 5.69 Å². The highest BCUT2D eigenvalue weighted by Gasteiger charge is 2.54. The summed E-state index contributed by atoms with van der Waals surface area (Å²) in [6, 6.07) is 7.31. The monoisotopic (exact) mass is 451 g/mol. The van der Waals surface area contributed by atoms with Gasteiger partial charge in [-0.05, 0) is 31.9 Å². The van der Waals surface area contributed by atoms with Crippen molar-refractivity contribution in [3.63, 3.8) is 0 Å². The van der Waals surface area contributed by atoms with E-state index in [1.54, 1.807) is 7.05 Å². The number of benzene rings is 1. The number of imidazole rings is 1. The molecule has 3 aliphatic rings. The van der Waals surface area contributed by atoms with Crippen molar-refractivity contribution < 1.29 is 18.9 Å². The standard InChI is InChI=1S/C24H31N6O3/c1-5-18-8-6-7-9-19(18)29-16(2)17(3)30-20-21(25-23(29)30)26(4)24(32)28(22(20)31)11-10-27-12-14-33-15-13-27/h6-9,20H,5,10-15H2,1-4H3/q+1. The van der Waals surface area contributed by atoms with E-state index in [9.17, 15) is 9.59 Å². The molecule has 174 valence electrons. The Kier molecular flexibility index (Phi) is 5.54. The van der Waals surface area contributed by atoms with Crippen molar-refractivity contribution in [2.45, 2.75) is 33.2 Å². The third-order valence-corrected chi connectivity index (χ3v) is 7.07. The molecule has 0 spiro atoms. The van der Waals surface area contributed by atoms with Gasteiger partial charge in [-0.3, -0.25) is 19.5 Å². The summed E-state index contributed by atoms with van der Waals surface area (Å²) in [5, 5.41) is 0. The predicted molar refractivity (Wildman–Crippen MR) is 123 cm³/mol. The molecule has 9 heteroatoms. The number of nitrogens with zero attached hydrogens (tertiary/aromatic N) is 6. The van der Waals surface area contributed by atoms with Crippen LogP contribution < -0.4 is 4.57 Å². The van der Waals surface area contributed by atoms with E-state index in [-0.39, 0.29) is 11.9 Å². The molecule has 2 saturated heterocycles. The fraction of sp³-hybridized carbons (Fsp3) is 0.500. The van der Waals surface area contributed by atoms with Crippen molar-refractivity contribution in [2.24, 2.45) is 4.99 Å². The predicted octanol–water partition coefficient (Wildman–Crippen LogP) is 1.75. The van der Waals surface area contributed by atoms with E-state index in [1.165, 1.54) is 15.4 Å². The Hall–Kier alpha value is -3.04. The van der Waals surface area contributed by atoms with Gasteiger partial charge in [-0.1, -0.05) is 30.1 Å². The van der Waals surface area contributed by atoms with Crippen LogP contribution in [0.1, 0.15) is 29.9 Å². The number of urea groups is 1. The smallest absolute Gasteiger partial charge is 0.379 e. The van der Waals surface area contributed by atoms with E-state index >= 15 is 0 Å². The SMILES string of the molecule is CCc1ccccc1-n1c(C)c(C)[n+]2c1N=C1C2C(=O)N(CCN2CCOCC2)C(=O)N1C. The zero-order chi connectivity index (χ0) is 23.3. The number of ether oxygens (including phenoxy) is 1. The lowest BCUT2D eigenvalue weighted by atomic mass is 10.1. The van der Waals surface area contributed by atoms with Crippen molar-refractivity contribution in [1.29, 1.82) is 0 Å². The molecular weight excluding hydrogens is 420 g/mol. The maximum absolute atomic E-state index is 13.7. The molecule has 3 amide bonds. The van der Waals surface area contributed by atoms with E-state index < -0.39 is 6.04 Å². The summed E-state index contributed by atoms with van der Waals surface area (Å²) in [5.74, 6) is 0.972. The average Bonchev–Trinajstić information content (AvgIpc) is 3.33. The lowest BCUT2D eigenvalue weighted by molar-refractivity contribution is -0.682. The van der Waals surface area contributed by atoms with Gasteiger partial charge in [0.1, 0.15) is 17.1 Å².